The molecular formula is C18H37NO2Se. The Morgan fingerprint density at radius 3 is 1.73 bits per heavy atom. The van der Waals surface area contributed by atoms with E-state index in [0.717, 1.165) is 12.8 Å². The maximum atomic E-state index is 10.7. The van der Waals surface area contributed by atoms with Crippen LogP contribution < -0.4 is 5.73 Å². The van der Waals surface area contributed by atoms with E-state index in [4.69, 9.17) is 5.73 Å². The molecule has 22 heavy (non-hydrogen) atoms. The monoisotopic (exact) mass is 379 g/mol. The van der Waals surface area contributed by atoms with E-state index in [9.17, 15) is 7.67 Å². The van der Waals surface area contributed by atoms with Gasteiger partial charge < -0.3 is 0 Å². The average molecular weight is 378 g/mol. The van der Waals surface area contributed by atoms with Crippen molar-refractivity contribution in [3.63, 3.8) is 0 Å². The van der Waals surface area contributed by atoms with Gasteiger partial charge >= 0.3 is 102 Å². The van der Waals surface area contributed by atoms with Crippen LogP contribution in [0, 0.1) is 0 Å². The minimum absolute atomic E-state index is 0.558. The first-order valence-corrected chi connectivity index (χ1v) is 11.8. The summed E-state index contributed by atoms with van der Waals surface area (Å²) in [7, 11) is 0. The first-order valence-electron chi connectivity index (χ1n) is 9.22. The summed E-state index contributed by atoms with van der Waals surface area (Å²) in [6.45, 7) is 2.26. The predicted octanol–water partition coefficient (Wildman–Crippen LogP) is 4.97. The van der Waals surface area contributed by atoms with E-state index < -0.39 is 18.7 Å². The third-order valence-corrected chi connectivity index (χ3v) is 5.71. The number of allylic oxidation sites excluding steroid dienone is 2. The first kappa shape index (κ1) is 21.8. The summed E-state index contributed by atoms with van der Waals surface area (Å²) in [5, 5.41) is 0. The van der Waals surface area contributed by atoms with E-state index in [2.05, 4.69) is 19.1 Å². The molecule has 1 atom stereocenters. The molecule has 0 saturated carbocycles. The summed E-state index contributed by atoms with van der Waals surface area (Å²) in [6.07, 6.45) is 21.7. The van der Waals surface area contributed by atoms with E-state index in [1.807, 2.05) is 0 Å². The third kappa shape index (κ3) is 16.2. The summed E-state index contributed by atoms with van der Waals surface area (Å²) in [6, 6.07) is 0. The first-order chi connectivity index (χ1) is 10.7. The van der Waals surface area contributed by atoms with E-state index >= 15 is 0 Å². The zero-order valence-corrected chi connectivity index (χ0v) is 16.3. The molecule has 4 heteroatoms. The molecule has 0 aliphatic heterocycles. The second-order valence-corrected chi connectivity index (χ2v) is 8.81. The molecule has 0 amide bonds. The molecule has 0 radical (unpaired) electrons. The average Bonchev–Trinajstić information content (AvgIpc) is 2.50. The van der Waals surface area contributed by atoms with Crippen LogP contribution in [0.3, 0.4) is 0 Å². The van der Waals surface area contributed by atoms with Gasteiger partial charge in [-0.1, -0.05) is 39.0 Å². The van der Waals surface area contributed by atoms with E-state index in [1.54, 1.807) is 0 Å². The molecule has 0 aliphatic carbocycles. The van der Waals surface area contributed by atoms with Gasteiger partial charge in [0.15, 0.2) is 0 Å². The summed E-state index contributed by atoms with van der Waals surface area (Å²) < 4.78 is 21.3. The number of unbranched alkanes of at least 4 members (excludes halogenated alkanes) is 11. The standard InChI is InChI=1S/C18H37NO2Se/c1-2-3-4-5-6-7-8-9-10-11-12-13-14-15-16-17-18(19)22(20)21/h9-10,18,22H,2-8,11-17,19H2,1H3/b10-9-. The molecule has 0 aliphatic rings. The van der Waals surface area contributed by atoms with Crippen molar-refractivity contribution in [1.82, 2.24) is 0 Å². The van der Waals surface area contributed by atoms with Gasteiger partial charge in [-0.3, -0.25) is 0 Å². The number of nitrogens with two attached hydrogens (primary N) is 1. The predicted molar refractivity (Wildman–Crippen MR) is 95.9 cm³/mol. The van der Waals surface area contributed by atoms with Gasteiger partial charge in [0.1, 0.15) is 0 Å². The fraction of sp³-hybridized carbons (Fsp3) is 0.889. The van der Waals surface area contributed by atoms with Crippen LogP contribution in [0.4, 0.5) is 0 Å². The van der Waals surface area contributed by atoms with Gasteiger partial charge in [0, 0.05) is 0 Å². The minimum atomic E-state index is -3.15. The maximum absolute atomic E-state index is 10.7. The molecule has 0 saturated heterocycles. The Morgan fingerprint density at radius 2 is 1.23 bits per heavy atom. The second kappa shape index (κ2) is 17.2. The van der Waals surface area contributed by atoms with Crippen molar-refractivity contribution in [3.05, 3.63) is 12.2 Å². The summed E-state index contributed by atoms with van der Waals surface area (Å²) in [5.41, 5.74) is 5.50. The molecule has 0 aromatic heterocycles. The second-order valence-electron chi connectivity index (χ2n) is 6.23. The molecule has 1 unspecified atom stereocenters. The molecule has 0 rings (SSSR count). The van der Waals surface area contributed by atoms with Crippen LogP contribution in [0.5, 0.6) is 0 Å². The molecule has 0 aromatic rings. The van der Waals surface area contributed by atoms with Crippen LogP contribution in [0.2, 0.25) is 0 Å². The van der Waals surface area contributed by atoms with Crippen LogP contribution in [0.15, 0.2) is 12.2 Å². The summed E-state index contributed by atoms with van der Waals surface area (Å²) in [4.78, 5) is -0.558. The molecule has 0 bridgehead atoms. The zero-order chi connectivity index (χ0) is 16.5. The van der Waals surface area contributed by atoms with Gasteiger partial charge in [-0.2, -0.15) is 0 Å². The molecular weight excluding hydrogens is 341 g/mol. The van der Waals surface area contributed by atoms with Crippen molar-refractivity contribution in [2.75, 3.05) is 0 Å². The number of hydrogen-bond donors (Lipinski definition) is 1. The van der Waals surface area contributed by atoms with E-state index in [1.165, 1.54) is 70.6 Å². The Morgan fingerprint density at radius 1 is 0.773 bits per heavy atom. The van der Waals surface area contributed by atoms with Crippen LogP contribution in [-0.4, -0.2) is 18.7 Å². The number of rotatable bonds is 16. The Kier molecular flexibility index (Phi) is 17.0. The van der Waals surface area contributed by atoms with Gasteiger partial charge in [0.25, 0.3) is 0 Å². The molecule has 132 valence electrons. The SMILES string of the molecule is CCCCCCCC/C=C\CCCCCCCC(N)[SeH](=O)=O. The molecule has 2 N–H and O–H groups in total. The van der Waals surface area contributed by atoms with Crippen molar-refractivity contribution in [3.8, 4) is 0 Å². The van der Waals surface area contributed by atoms with Crippen molar-refractivity contribution < 1.29 is 7.67 Å². The fourth-order valence-electron chi connectivity index (χ4n) is 2.53. The molecule has 0 spiro atoms. The van der Waals surface area contributed by atoms with Crippen LogP contribution >= 0.6 is 0 Å². The normalized spacial score (nSPS) is 13.2. The van der Waals surface area contributed by atoms with Crippen molar-refractivity contribution in [2.45, 2.75) is 102 Å². The summed E-state index contributed by atoms with van der Waals surface area (Å²) in [5.74, 6) is 0. The van der Waals surface area contributed by atoms with Crippen LogP contribution in [-0.2, 0) is 7.67 Å². The van der Waals surface area contributed by atoms with Crippen molar-refractivity contribution >= 4 is 13.8 Å². The van der Waals surface area contributed by atoms with Crippen LogP contribution in [0.1, 0.15) is 96.8 Å². The molecule has 0 heterocycles. The fourth-order valence-corrected chi connectivity index (χ4v) is 3.35. The molecule has 0 fully saturated rings. The van der Waals surface area contributed by atoms with Gasteiger partial charge in [-0.05, 0) is 0 Å². The van der Waals surface area contributed by atoms with Gasteiger partial charge in [-0.25, -0.2) is 0 Å². The Labute approximate surface area is 141 Å². The van der Waals surface area contributed by atoms with Gasteiger partial charge in [0.2, 0.25) is 0 Å². The van der Waals surface area contributed by atoms with E-state index in [0.29, 0.717) is 6.42 Å². The summed E-state index contributed by atoms with van der Waals surface area (Å²) >= 11 is -3.15. The van der Waals surface area contributed by atoms with Gasteiger partial charge in [-0.15, -0.1) is 0 Å². The third-order valence-electron chi connectivity index (χ3n) is 4.03. The zero-order valence-electron chi connectivity index (χ0n) is 14.5. The van der Waals surface area contributed by atoms with Crippen molar-refractivity contribution in [2.24, 2.45) is 5.73 Å². The Balaban J connectivity index is 3.17. The Hall–Kier alpha value is -0.181. The van der Waals surface area contributed by atoms with Crippen molar-refractivity contribution in [1.29, 1.82) is 0 Å². The van der Waals surface area contributed by atoms with E-state index in [-0.39, 0.29) is 0 Å². The topological polar surface area (TPSA) is 60.2 Å². The quantitative estimate of drug-likeness (QED) is 0.234. The van der Waals surface area contributed by atoms with Crippen LogP contribution in [0.25, 0.3) is 0 Å². The Bertz CT molecular complexity index is 319. The molecule has 0 aromatic carbocycles. The van der Waals surface area contributed by atoms with Gasteiger partial charge in [0.05, 0.1) is 0 Å². The number of hydrogen-bond acceptors (Lipinski definition) is 3. The molecule has 3 nitrogen and oxygen atoms in total.